The summed E-state index contributed by atoms with van der Waals surface area (Å²) in [5, 5.41) is 8.65. The molecule has 98 valence electrons. The minimum atomic E-state index is -1.14. The molecule has 0 saturated carbocycles. The molecule has 0 atom stereocenters. The Kier molecular flexibility index (Phi) is 3.65. The number of carbonyl (C=O) groups is 1. The van der Waals surface area contributed by atoms with Crippen molar-refractivity contribution in [2.75, 3.05) is 0 Å². The molecule has 0 spiro atoms. The third-order valence-corrected chi connectivity index (χ3v) is 2.20. The van der Waals surface area contributed by atoms with Crippen LogP contribution in [0.1, 0.15) is 16.2 Å². The summed E-state index contributed by atoms with van der Waals surface area (Å²) < 4.78 is 31.0. The van der Waals surface area contributed by atoms with Crippen LogP contribution in [0, 0.1) is 11.6 Å². The first-order valence-corrected chi connectivity index (χ1v) is 5.18. The standard InChI is InChI=1S/C12H8F2N2O3/c13-8-1-2-10(9(14)3-8)19-6-11-15-4-7(5-16-11)12(17)18/h1-5H,6H2,(H,17,18). The van der Waals surface area contributed by atoms with Crippen molar-refractivity contribution >= 4 is 5.97 Å². The quantitative estimate of drug-likeness (QED) is 0.916. The lowest BCUT2D eigenvalue weighted by Gasteiger charge is -2.06. The van der Waals surface area contributed by atoms with E-state index in [-0.39, 0.29) is 23.7 Å². The molecule has 0 amide bonds. The van der Waals surface area contributed by atoms with E-state index in [9.17, 15) is 13.6 Å². The number of hydrogen-bond acceptors (Lipinski definition) is 4. The van der Waals surface area contributed by atoms with Crippen LogP contribution in [0.15, 0.2) is 30.6 Å². The van der Waals surface area contributed by atoms with Crippen molar-refractivity contribution in [3.05, 3.63) is 53.6 Å². The third kappa shape index (κ3) is 3.21. The van der Waals surface area contributed by atoms with E-state index in [0.717, 1.165) is 24.5 Å². The first-order chi connectivity index (χ1) is 9.06. The molecule has 2 rings (SSSR count). The Morgan fingerprint density at radius 2 is 1.95 bits per heavy atom. The molecule has 1 N–H and O–H groups in total. The van der Waals surface area contributed by atoms with Crippen LogP contribution in [0.5, 0.6) is 5.75 Å². The van der Waals surface area contributed by atoms with Crippen molar-refractivity contribution in [3.8, 4) is 5.75 Å². The summed E-state index contributed by atoms with van der Waals surface area (Å²) in [5.74, 6) is -2.62. The van der Waals surface area contributed by atoms with Crippen LogP contribution in [0.3, 0.4) is 0 Å². The molecule has 2 aromatic rings. The second-order valence-electron chi connectivity index (χ2n) is 3.56. The SMILES string of the molecule is O=C(O)c1cnc(COc2ccc(F)cc2F)nc1. The maximum atomic E-state index is 13.2. The molecule has 0 unspecified atom stereocenters. The molecule has 0 aliphatic rings. The Hall–Kier alpha value is -2.57. The predicted octanol–water partition coefficient (Wildman–Crippen LogP) is 2.03. The number of halogens is 2. The molecule has 0 bridgehead atoms. The predicted molar refractivity (Wildman–Crippen MR) is 59.7 cm³/mol. The maximum Gasteiger partial charge on any atom is 0.338 e. The third-order valence-electron chi connectivity index (χ3n) is 2.20. The monoisotopic (exact) mass is 266 g/mol. The molecule has 0 aliphatic heterocycles. The number of rotatable bonds is 4. The van der Waals surface area contributed by atoms with Crippen molar-refractivity contribution in [2.24, 2.45) is 0 Å². The van der Waals surface area contributed by atoms with E-state index in [4.69, 9.17) is 9.84 Å². The van der Waals surface area contributed by atoms with E-state index in [1.165, 1.54) is 0 Å². The Morgan fingerprint density at radius 1 is 1.26 bits per heavy atom. The lowest BCUT2D eigenvalue weighted by molar-refractivity contribution is 0.0695. The number of hydrogen-bond donors (Lipinski definition) is 1. The highest BCUT2D eigenvalue weighted by Gasteiger charge is 2.07. The number of aromatic carboxylic acids is 1. The molecule has 0 fully saturated rings. The number of benzene rings is 1. The highest BCUT2D eigenvalue weighted by molar-refractivity contribution is 5.86. The van der Waals surface area contributed by atoms with Crippen molar-refractivity contribution in [3.63, 3.8) is 0 Å². The zero-order chi connectivity index (χ0) is 13.8. The van der Waals surface area contributed by atoms with Gasteiger partial charge in [-0.15, -0.1) is 0 Å². The lowest BCUT2D eigenvalue weighted by Crippen LogP contribution is -2.05. The van der Waals surface area contributed by atoms with Gasteiger partial charge in [0.15, 0.2) is 17.4 Å². The van der Waals surface area contributed by atoms with Gasteiger partial charge in [0.25, 0.3) is 0 Å². The molecular formula is C12H8F2N2O3. The fourth-order valence-electron chi connectivity index (χ4n) is 1.27. The van der Waals surface area contributed by atoms with E-state index in [0.29, 0.717) is 6.07 Å². The van der Waals surface area contributed by atoms with Gasteiger partial charge in [-0.1, -0.05) is 0 Å². The smallest absolute Gasteiger partial charge is 0.338 e. The summed E-state index contributed by atoms with van der Waals surface area (Å²) in [6.45, 7) is -0.150. The molecule has 1 aromatic carbocycles. The first kappa shape index (κ1) is 12.9. The fraction of sp³-hybridized carbons (Fsp3) is 0.0833. The number of carboxylic acid groups (broad SMARTS) is 1. The highest BCUT2D eigenvalue weighted by Crippen LogP contribution is 2.18. The normalized spacial score (nSPS) is 10.2. The first-order valence-electron chi connectivity index (χ1n) is 5.18. The minimum absolute atomic E-state index is 0.0586. The topological polar surface area (TPSA) is 72.3 Å². The zero-order valence-electron chi connectivity index (χ0n) is 9.51. The summed E-state index contributed by atoms with van der Waals surface area (Å²) >= 11 is 0. The molecule has 1 heterocycles. The van der Waals surface area contributed by atoms with Crippen LogP contribution < -0.4 is 4.74 Å². The van der Waals surface area contributed by atoms with Crippen LogP contribution in [0.25, 0.3) is 0 Å². The largest absolute Gasteiger partial charge is 0.483 e. The molecule has 19 heavy (non-hydrogen) atoms. The average molecular weight is 266 g/mol. The molecule has 5 nitrogen and oxygen atoms in total. The summed E-state index contributed by atoms with van der Waals surface area (Å²) in [6, 6.07) is 2.91. The van der Waals surface area contributed by atoms with Gasteiger partial charge in [0.1, 0.15) is 12.4 Å². The van der Waals surface area contributed by atoms with E-state index in [1.807, 2.05) is 0 Å². The van der Waals surface area contributed by atoms with E-state index < -0.39 is 17.6 Å². The maximum absolute atomic E-state index is 13.2. The number of carboxylic acids is 1. The van der Waals surface area contributed by atoms with Gasteiger partial charge in [-0.05, 0) is 12.1 Å². The summed E-state index contributed by atoms with van der Waals surface area (Å²) in [6.07, 6.45) is 2.24. The second-order valence-corrected chi connectivity index (χ2v) is 3.56. The van der Waals surface area contributed by atoms with Gasteiger partial charge in [0.2, 0.25) is 0 Å². The van der Waals surface area contributed by atoms with Gasteiger partial charge in [-0.25, -0.2) is 23.5 Å². The molecule has 7 heteroatoms. The van der Waals surface area contributed by atoms with Crippen molar-refractivity contribution in [2.45, 2.75) is 6.61 Å². The van der Waals surface area contributed by atoms with Crippen LogP contribution in [-0.4, -0.2) is 21.0 Å². The fourth-order valence-corrected chi connectivity index (χ4v) is 1.27. The molecule has 0 saturated heterocycles. The highest BCUT2D eigenvalue weighted by atomic mass is 19.1. The van der Waals surface area contributed by atoms with Gasteiger partial charge in [0.05, 0.1) is 5.56 Å². The second kappa shape index (κ2) is 5.38. The van der Waals surface area contributed by atoms with Gasteiger partial charge >= 0.3 is 5.97 Å². The Labute approximate surface area is 106 Å². The lowest BCUT2D eigenvalue weighted by atomic mass is 10.3. The Balaban J connectivity index is 2.04. The summed E-state index contributed by atoms with van der Waals surface area (Å²) in [5.41, 5.74) is -0.0586. The molecule has 0 aliphatic carbocycles. The van der Waals surface area contributed by atoms with Gasteiger partial charge in [-0.3, -0.25) is 0 Å². The van der Waals surface area contributed by atoms with Crippen LogP contribution in [0.4, 0.5) is 8.78 Å². The van der Waals surface area contributed by atoms with E-state index in [2.05, 4.69) is 9.97 Å². The van der Waals surface area contributed by atoms with Gasteiger partial charge in [-0.2, -0.15) is 0 Å². The minimum Gasteiger partial charge on any atom is -0.483 e. The van der Waals surface area contributed by atoms with Gasteiger partial charge in [0, 0.05) is 18.5 Å². The van der Waals surface area contributed by atoms with Crippen LogP contribution in [-0.2, 0) is 6.61 Å². The van der Waals surface area contributed by atoms with Gasteiger partial charge < -0.3 is 9.84 Å². The number of nitrogens with zero attached hydrogens (tertiary/aromatic N) is 2. The summed E-state index contributed by atoms with van der Waals surface area (Å²) in [7, 11) is 0. The van der Waals surface area contributed by atoms with Crippen molar-refractivity contribution in [1.82, 2.24) is 9.97 Å². The van der Waals surface area contributed by atoms with Crippen LogP contribution >= 0.6 is 0 Å². The molecule has 1 aromatic heterocycles. The van der Waals surface area contributed by atoms with E-state index >= 15 is 0 Å². The zero-order valence-corrected chi connectivity index (χ0v) is 9.51. The van der Waals surface area contributed by atoms with E-state index in [1.54, 1.807) is 0 Å². The Morgan fingerprint density at radius 3 is 2.53 bits per heavy atom. The number of aromatic nitrogens is 2. The number of ether oxygens (including phenoxy) is 1. The average Bonchev–Trinajstić information content (AvgIpc) is 2.38. The molecule has 0 radical (unpaired) electrons. The van der Waals surface area contributed by atoms with Crippen LogP contribution in [0.2, 0.25) is 0 Å². The molecular weight excluding hydrogens is 258 g/mol. The van der Waals surface area contributed by atoms with Crippen molar-refractivity contribution in [1.29, 1.82) is 0 Å². The Bertz CT molecular complexity index is 602. The van der Waals surface area contributed by atoms with Crippen molar-refractivity contribution < 1.29 is 23.4 Å². The summed E-state index contributed by atoms with van der Waals surface area (Å²) in [4.78, 5) is 18.1.